The van der Waals surface area contributed by atoms with Gasteiger partial charge in [-0.15, -0.1) is 0 Å². The molecule has 0 spiro atoms. The fraction of sp³-hybridized carbons (Fsp3) is 0.0952. The molecule has 1 atom stereocenters. The van der Waals surface area contributed by atoms with Gasteiger partial charge < -0.3 is 14.8 Å². The molecule has 3 aromatic carbocycles. The van der Waals surface area contributed by atoms with Crippen molar-refractivity contribution in [2.24, 2.45) is 0 Å². The van der Waals surface area contributed by atoms with E-state index >= 15 is 0 Å². The molecule has 3 aromatic rings. The van der Waals surface area contributed by atoms with Crippen molar-refractivity contribution in [3.63, 3.8) is 0 Å². The summed E-state index contributed by atoms with van der Waals surface area (Å²) in [5, 5.41) is 3.46. The highest BCUT2D eigenvalue weighted by Gasteiger charge is 2.17. The molecule has 0 radical (unpaired) electrons. The predicted molar refractivity (Wildman–Crippen MR) is 103 cm³/mol. The summed E-state index contributed by atoms with van der Waals surface area (Å²) >= 11 is 5.85. The number of hydrogen-bond acceptors (Lipinski definition) is 3. The van der Waals surface area contributed by atoms with Gasteiger partial charge in [0.25, 0.3) is 5.91 Å². The first kappa shape index (κ1) is 17.8. The zero-order chi connectivity index (χ0) is 18.4. The summed E-state index contributed by atoms with van der Waals surface area (Å²) in [6.45, 7) is 1.69. The summed E-state index contributed by atoms with van der Waals surface area (Å²) in [5.41, 5.74) is 0.577. The van der Waals surface area contributed by atoms with Crippen LogP contribution < -0.4 is 14.8 Å². The molecule has 1 unspecified atom stereocenters. The first-order chi connectivity index (χ1) is 12.6. The van der Waals surface area contributed by atoms with E-state index in [-0.39, 0.29) is 5.91 Å². The summed E-state index contributed by atoms with van der Waals surface area (Å²) in [5.74, 6) is 1.56. The number of carbonyl (C=O) groups excluding carboxylic acids is 1. The normalized spacial score (nSPS) is 11.5. The van der Waals surface area contributed by atoms with Crippen LogP contribution in [0.2, 0.25) is 5.02 Å². The summed E-state index contributed by atoms with van der Waals surface area (Å²) in [6, 6.07) is 23.5. The van der Waals surface area contributed by atoms with Crippen molar-refractivity contribution in [2.75, 3.05) is 5.32 Å². The summed E-state index contributed by atoms with van der Waals surface area (Å²) < 4.78 is 11.5. The molecule has 5 heteroatoms. The van der Waals surface area contributed by atoms with Gasteiger partial charge in [0.05, 0.1) is 5.69 Å². The summed E-state index contributed by atoms with van der Waals surface area (Å²) in [7, 11) is 0. The lowest BCUT2D eigenvalue weighted by Crippen LogP contribution is -2.30. The summed E-state index contributed by atoms with van der Waals surface area (Å²) in [6.07, 6.45) is -0.680. The minimum Gasteiger partial charge on any atom is -0.481 e. The molecule has 1 amide bonds. The molecular formula is C21H18ClNO3. The second kappa shape index (κ2) is 8.41. The third kappa shape index (κ3) is 4.77. The van der Waals surface area contributed by atoms with Crippen LogP contribution in [-0.2, 0) is 4.79 Å². The molecule has 1 N–H and O–H groups in total. The smallest absolute Gasteiger partial charge is 0.265 e. The third-order valence-electron chi connectivity index (χ3n) is 3.61. The van der Waals surface area contributed by atoms with Gasteiger partial charge in [-0.1, -0.05) is 41.9 Å². The van der Waals surface area contributed by atoms with E-state index in [0.717, 1.165) is 0 Å². The number of ether oxygens (including phenoxy) is 2. The van der Waals surface area contributed by atoms with Crippen LogP contribution in [0, 0.1) is 0 Å². The van der Waals surface area contributed by atoms with Crippen molar-refractivity contribution in [2.45, 2.75) is 13.0 Å². The average molecular weight is 368 g/mol. The van der Waals surface area contributed by atoms with E-state index in [2.05, 4.69) is 5.32 Å². The number of carbonyl (C=O) groups is 1. The van der Waals surface area contributed by atoms with Crippen molar-refractivity contribution >= 4 is 23.2 Å². The number of anilines is 1. The Bertz CT molecular complexity index is 866. The third-order valence-corrected chi connectivity index (χ3v) is 3.86. The van der Waals surface area contributed by atoms with Crippen LogP contribution in [0.5, 0.6) is 17.2 Å². The number of rotatable bonds is 6. The molecule has 132 valence electrons. The molecule has 0 aliphatic rings. The van der Waals surface area contributed by atoms with Crippen molar-refractivity contribution < 1.29 is 14.3 Å². The highest BCUT2D eigenvalue weighted by molar-refractivity contribution is 6.30. The minimum absolute atomic E-state index is 0.274. The maximum absolute atomic E-state index is 12.5. The molecule has 0 saturated carbocycles. The fourth-order valence-corrected chi connectivity index (χ4v) is 2.41. The van der Waals surface area contributed by atoms with E-state index < -0.39 is 6.10 Å². The largest absolute Gasteiger partial charge is 0.481 e. The van der Waals surface area contributed by atoms with E-state index in [1.807, 2.05) is 42.5 Å². The first-order valence-corrected chi connectivity index (χ1v) is 8.54. The molecule has 0 saturated heterocycles. The number of para-hydroxylation sites is 3. The molecule has 0 aromatic heterocycles. The molecule has 26 heavy (non-hydrogen) atoms. The van der Waals surface area contributed by atoms with Gasteiger partial charge in [-0.3, -0.25) is 4.79 Å². The number of benzene rings is 3. The quantitative estimate of drug-likeness (QED) is 0.622. The number of hydrogen-bond donors (Lipinski definition) is 1. The van der Waals surface area contributed by atoms with Crippen molar-refractivity contribution in [3.8, 4) is 17.2 Å². The Labute approximate surface area is 157 Å². The van der Waals surface area contributed by atoms with Crippen LogP contribution in [0.3, 0.4) is 0 Å². The van der Waals surface area contributed by atoms with Gasteiger partial charge in [0, 0.05) is 5.02 Å². The van der Waals surface area contributed by atoms with E-state index in [1.165, 1.54) is 0 Å². The molecular weight excluding hydrogens is 350 g/mol. The van der Waals surface area contributed by atoms with E-state index in [9.17, 15) is 4.79 Å². The Morgan fingerprint density at radius 2 is 1.54 bits per heavy atom. The Morgan fingerprint density at radius 3 is 2.27 bits per heavy atom. The van der Waals surface area contributed by atoms with Crippen LogP contribution in [0.4, 0.5) is 5.69 Å². The SMILES string of the molecule is CC(Oc1ccc(Cl)cc1)C(=O)Nc1ccccc1Oc1ccccc1. The number of nitrogens with one attached hydrogen (secondary N) is 1. The van der Waals surface area contributed by atoms with E-state index in [0.29, 0.717) is 28.0 Å². The van der Waals surface area contributed by atoms with Gasteiger partial charge >= 0.3 is 0 Å². The maximum Gasteiger partial charge on any atom is 0.265 e. The highest BCUT2D eigenvalue weighted by Crippen LogP contribution is 2.29. The number of amides is 1. The zero-order valence-electron chi connectivity index (χ0n) is 14.2. The van der Waals surface area contributed by atoms with E-state index in [1.54, 1.807) is 43.3 Å². The van der Waals surface area contributed by atoms with Gasteiger partial charge in [0.15, 0.2) is 11.9 Å². The molecule has 0 bridgehead atoms. The lowest BCUT2D eigenvalue weighted by Gasteiger charge is -2.16. The second-order valence-electron chi connectivity index (χ2n) is 5.61. The highest BCUT2D eigenvalue weighted by atomic mass is 35.5. The molecule has 4 nitrogen and oxygen atoms in total. The minimum atomic E-state index is -0.680. The first-order valence-electron chi connectivity index (χ1n) is 8.17. The van der Waals surface area contributed by atoms with Crippen LogP contribution in [0.15, 0.2) is 78.9 Å². The predicted octanol–water partition coefficient (Wildman–Crippen LogP) is 5.54. The Morgan fingerprint density at radius 1 is 0.885 bits per heavy atom. The monoisotopic (exact) mass is 367 g/mol. The van der Waals surface area contributed by atoms with Gasteiger partial charge in [-0.2, -0.15) is 0 Å². The molecule has 3 rings (SSSR count). The Kier molecular flexibility index (Phi) is 5.77. The zero-order valence-corrected chi connectivity index (χ0v) is 14.9. The van der Waals surface area contributed by atoms with Crippen LogP contribution >= 0.6 is 11.6 Å². The molecule has 0 fully saturated rings. The average Bonchev–Trinajstić information content (AvgIpc) is 2.66. The lowest BCUT2D eigenvalue weighted by molar-refractivity contribution is -0.122. The second-order valence-corrected chi connectivity index (χ2v) is 6.05. The van der Waals surface area contributed by atoms with Crippen molar-refractivity contribution in [1.29, 1.82) is 0 Å². The Balaban J connectivity index is 1.68. The van der Waals surface area contributed by atoms with Crippen LogP contribution in [0.25, 0.3) is 0 Å². The van der Waals surface area contributed by atoms with Crippen molar-refractivity contribution in [1.82, 2.24) is 0 Å². The molecule has 0 aliphatic carbocycles. The maximum atomic E-state index is 12.5. The lowest BCUT2D eigenvalue weighted by atomic mass is 10.2. The van der Waals surface area contributed by atoms with E-state index in [4.69, 9.17) is 21.1 Å². The summed E-state index contributed by atoms with van der Waals surface area (Å²) in [4.78, 5) is 12.5. The van der Waals surface area contributed by atoms with Gasteiger partial charge in [-0.05, 0) is 55.5 Å². The van der Waals surface area contributed by atoms with Crippen LogP contribution in [-0.4, -0.2) is 12.0 Å². The van der Waals surface area contributed by atoms with Crippen LogP contribution in [0.1, 0.15) is 6.92 Å². The number of halogens is 1. The van der Waals surface area contributed by atoms with Gasteiger partial charge in [0.1, 0.15) is 11.5 Å². The fourth-order valence-electron chi connectivity index (χ4n) is 2.28. The van der Waals surface area contributed by atoms with Crippen molar-refractivity contribution in [3.05, 3.63) is 83.9 Å². The Hall–Kier alpha value is -2.98. The topological polar surface area (TPSA) is 47.6 Å². The molecule has 0 aliphatic heterocycles. The standard InChI is InChI=1S/C21H18ClNO3/c1-15(25-18-13-11-16(22)12-14-18)21(24)23-19-9-5-6-10-20(19)26-17-7-3-2-4-8-17/h2-15H,1H3,(H,23,24). The van der Waals surface area contributed by atoms with Gasteiger partial charge in [0.2, 0.25) is 0 Å². The molecule has 0 heterocycles. The van der Waals surface area contributed by atoms with Gasteiger partial charge in [-0.25, -0.2) is 0 Å².